The highest BCUT2D eigenvalue weighted by Crippen LogP contribution is 2.22. The van der Waals surface area contributed by atoms with Crippen molar-refractivity contribution < 1.29 is 0 Å². The van der Waals surface area contributed by atoms with Crippen LogP contribution in [-0.2, 0) is 19.6 Å². The Hall–Kier alpha value is -0.650. The molecule has 0 aliphatic carbocycles. The molecular weight excluding hydrogens is 286 g/mol. The average Bonchev–Trinajstić information content (AvgIpc) is 2.88. The number of hydrogen-bond acceptors (Lipinski definition) is 3. The molecule has 0 bridgehead atoms. The highest BCUT2D eigenvalue weighted by atomic mass is 79.9. The van der Waals surface area contributed by atoms with E-state index in [1.165, 1.54) is 15.0 Å². The number of nitrogens with one attached hydrogen (secondary N) is 1. The van der Waals surface area contributed by atoms with Gasteiger partial charge in [-0.3, -0.25) is 4.68 Å². The van der Waals surface area contributed by atoms with Crippen LogP contribution in [0.1, 0.15) is 17.5 Å². The lowest BCUT2D eigenvalue weighted by atomic mass is 10.4. The van der Waals surface area contributed by atoms with Gasteiger partial charge in [0.1, 0.15) is 0 Å². The number of rotatable bonds is 5. The minimum Gasteiger partial charge on any atom is -0.306 e. The Bertz CT molecular complexity index is 450. The second-order valence-electron chi connectivity index (χ2n) is 3.43. The SMILES string of the molecule is CCn1nccc1CNCc1sccc1Br. The molecular formula is C11H14BrN3S. The summed E-state index contributed by atoms with van der Waals surface area (Å²) in [5.41, 5.74) is 1.23. The Morgan fingerprint density at radius 3 is 3.00 bits per heavy atom. The van der Waals surface area contributed by atoms with Gasteiger partial charge in [-0.15, -0.1) is 11.3 Å². The van der Waals surface area contributed by atoms with Gasteiger partial charge in [0, 0.05) is 35.2 Å². The fourth-order valence-corrected chi connectivity index (χ4v) is 3.01. The van der Waals surface area contributed by atoms with Gasteiger partial charge < -0.3 is 5.32 Å². The standard InChI is InChI=1S/C11H14BrN3S/c1-2-15-9(3-5-14-15)7-13-8-11-10(12)4-6-16-11/h3-6,13H,2,7-8H2,1H3. The van der Waals surface area contributed by atoms with Crippen LogP contribution in [0.2, 0.25) is 0 Å². The molecule has 1 N–H and O–H groups in total. The molecule has 0 unspecified atom stereocenters. The lowest BCUT2D eigenvalue weighted by Gasteiger charge is -2.06. The van der Waals surface area contributed by atoms with Gasteiger partial charge in [-0.05, 0) is 40.4 Å². The fraction of sp³-hybridized carbons (Fsp3) is 0.364. The van der Waals surface area contributed by atoms with E-state index in [4.69, 9.17) is 0 Å². The summed E-state index contributed by atoms with van der Waals surface area (Å²) in [5, 5.41) is 9.76. The lowest BCUT2D eigenvalue weighted by Crippen LogP contribution is -2.15. The molecule has 0 saturated carbocycles. The number of aromatic nitrogens is 2. The van der Waals surface area contributed by atoms with E-state index in [9.17, 15) is 0 Å². The van der Waals surface area contributed by atoms with Crippen LogP contribution in [0.3, 0.4) is 0 Å². The van der Waals surface area contributed by atoms with E-state index in [2.05, 4.69) is 50.8 Å². The number of nitrogens with zero attached hydrogens (tertiary/aromatic N) is 2. The van der Waals surface area contributed by atoms with Crippen LogP contribution in [0, 0.1) is 0 Å². The Balaban J connectivity index is 1.87. The fourth-order valence-electron chi connectivity index (χ4n) is 1.55. The van der Waals surface area contributed by atoms with Gasteiger partial charge in [0.15, 0.2) is 0 Å². The normalized spacial score (nSPS) is 10.9. The lowest BCUT2D eigenvalue weighted by molar-refractivity contribution is 0.583. The van der Waals surface area contributed by atoms with Gasteiger partial charge in [-0.1, -0.05) is 0 Å². The van der Waals surface area contributed by atoms with E-state index in [1.54, 1.807) is 11.3 Å². The first-order valence-corrected chi connectivity index (χ1v) is 6.91. The maximum Gasteiger partial charge on any atom is 0.0522 e. The summed E-state index contributed by atoms with van der Waals surface area (Å²) in [7, 11) is 0. The summed E-state index contributed by atoms with van der Waals surface area (Å²) >= 11 is 5.29. The molecule has 86 valence electrons. The van der Waals surface area contributed by atoms with Crippen LogP contribution < -0.4 is 5.32 Å². The van der Waals surface area contributed by atoms with Crippen LogP contribution in [0.15, 0.2) is 28.2 Å². The highest BCUT2D eigenvalue weighted by molar-refractivity contribution is 9.10. The van der Waals surface area contributed by atoms with Gasteiger partial charge in [0.2, 0.25) is 0 Å². The van der Waals surface area contributed by atoms with E-state index < -0.39 is 0 Å². The number of halogens is 1. The largest absolute Gasteiger partial charge is 0.306 e. The summed E-state index contributed by atoms with van der Waals surface area (Å²) in [6.45, 7) is 4.78. The number of aryl methyl sites for hydroxylation is 1. The molecule has 0 atom stereocenters. The van der Waals surface area contributed by atoms with Crippen molar-refractivity contribution >= 4 is 27.3 Å². The average molecular weight is 300 g/mol. The maximum absolute atomic E-state index is 4.24. The molecule has 0 fully saturated rings. The molecule has 0 spiro atoms. The van der Waals surface area contributed by atoms with Crippen molar-refractivity contribution in [3.05, 3.63) is 38.8 Å². The zero-order valence-electron chi connectivity index (χ0n) is 9.11. The van der Waals surface area contributed by atoms with E-state index in [1.807, 2.05) is 10.9 Å². The van der Waals surface area contributed by atoms with E-state index >= 15 is 0 Å². The molecule has 0 saturated heterocycles. The number of thiophene rings is 1. The van der Waals surface area contributed by atoms with Crippen molar-refractivity contribution in [3.8, 4) is 0 Å². The van der Waals surface area contributed by atoms with Crippen molar-refractivity contribution in [2.24, 2.45) is 0 Å². The first-order valence-electron chi connectivity index (χ1n) is 5.24. The van der Waals surface area contributed by atoms with Crippen LogP contribution >= 0.6 is 27.3 Å². The third-order valence-corrected chi connectivity index (χ3v) is 4.31. The van der Waals surface area contributed by atoms with E-state index in [-0.39, 0.29) is 0 Å². The predicted octanol–water partition coefficient (Wildman–Crippen LogP) is 3.02. The van der Waals surface area contributed by atoms with Crippen molar-refractivity contribution in [1.82, 2.24) is 15.1 Å². The molecule has 0 radical (unpaired) electrons. The van der Waals surface area contributed by atoms with Gasteiger partial charge in [-0.25, -0.2) is 0 Å². The third-order valence-electron chi connectivity index (χ3n) is 2.39. The quantitative estimate of drug-likeness (QED) is 0.920. The van der Waals surface area contributed by atoms with Gasteiger partial charge in [0.25, 0.3) is 0 Å². The van der Waals surface area contributed by atoms with Gasteiger partial charge in [0.05, 0.1) is 5.69 Å². The molecule has 2 rings (SSSR count). The Morgan fingerprint density at radius 1 is 1.44 bits per heavy atom. The summed E-state index contributed by atoms with van der Waals surface area (Å²) in [5.74, 6) is 0. The summed E-state index contributed by atoms with van der Waals surface area (Å²) in [6.07, 6.45) is 1.85. The van der Waals surface area contributed by atoms with Gasteiger partial charge in [-0.2, -0.15) is 5.10 Å². The van der Waals surface area contributed by atoms with Crippen LogP contribution in [-0.4, -0.2) is 9.78 Å². The van der Waals surface area contributed by atoms with Gasteiger partial charge >= 0.3 is 0 Å². The molecule has 3 nitrogen and oxygen atoms in total. The second-order valence-corrected chi connectivity index (χ2v) is 5.29. The van der Waals surface area contributed by atoms with Crippen molar-refractivity contribution in [3.63, 3.8) is 0 Å². The summed E-state index contributed by atoms with van der Waals surface area (Å²) in [4.78, 5) is 1.34. The maximum atomic E-state index is 4.24. The van der Waals surface area contributed by atoms with E-state index in [0.29, 0.717) is 0 Å². The topological polar surface area (TPSA) is 29.9 Å². The minimum absolute atomic E-state index is 0.859. The highest BCUT2D eigenvalue weighted by Gasteiger charge is 2.02. The van der Waals surface area contributed by atoms with Crippen LogP contribution in [0.5, 0.6) is 0 Å². The monoisotopic (exact) mass is 299 g/mol. The van der Waals surface area contributed by atoms with Crippen molar-refractivity contribution in [2.75, 3.05) is 0 Å². The second kappa shape index (κ2) is 5.61. The first-order chi connectivity index (χ1) is 7.81. The Labute approximate surface area is 108 Å². The summed E-state index contributed by atoms with van der Waals surface area (Å²) in [6, 6.07) is 4.14. The molecule has 16 heavy (non-hydrogen) atoms. The van der Waals surface area contributed by atoms with Crippen LogP contribution in [0.4, 0.5) is 0 Å². The molecule has 2 heterocycles. The molecule has 5 heteroatoms. The molecule has 0 aliphatic rings. The molecule has 0 aliphatic heterocycles. The zero-order chi connectivity index (χ0) is 11.4. The molecule has 2 aromatic heterocycles. The number of hydrogen-bond donors (Lipinski definition) is 1. The summed E-state index contributed by atoms with van der Waals surface area (Å²) < 4.78 is 3.20. The zero-order valence-corrected chi connectivity index (χ0v) is 11.5. The molecule has 0 amide bonds. The van der Waals surface area contributed by atoms with E-state index in [0.717, 1.165) is 19.6 Å². The van der Waals surface area contributed by atoms with Crippen molar-refractivity contribution in [2.45, 2.75) is 26.6 Å². The predicted molar refractivity (Wildman–Crippen MR) is 70.5 cm³/mol. The Morgan fingerprint density at radius 2 is 2.31 bits per heavy atom. The molecule has 2 aromatic rings. The van der Waals surface area contributed by atoms with Crippen molar-refractivity contribution in [1.29, 1.82) is 0 Å². The molecule has 0 aromatic carbocycles. The smallest absolute Gasteiger partial charge is 0.0522 e. The minimum atomic E-state index is 0.859. The third kappa shape index (κ3) is 2.72. The van der Waals surface area contributed by atoms with Crippen LogP contribution in [0.25, 0.3) is 0 Å². The Kier molecular flexibility index (Phi) is 4.15. The first kappa shape index (κ1) is 11.8.